The summed E-state index contributed by atoms with van der Waals surface area (Å²) < 4.78 is 4.91. The molecule has 0 saturated heterocycles. The molecule has 0 aliphatic heterocycles. The molecule has 0 bridgehead atoms. The van der Waals surface area contributed by atoms with E-state index in [2.05, 4.69) is 4.98 Å². The van der Waals surface area contributed by atoms with Gasteiger partial charge in [0.05, 0.1) is 11.7 Å². The maximum atomic E-state index is 10.9. The minimum atomic E-state index is -0.184. The highest BCUT2D eigenvalue weighted by atomic mass is 32.1. The van der Waals surface area contributed by atoms with E-state index in [4.69, 9.17) is 4.74 Å². The number of carbonyl (C=O) groups excluding carboxylic acids is 1. The molecular weight excluding hydrogens is 162 g/mol. The van der Waals surface area contributed by atoms with Crippen LogP contribution in [-0.4, -0.2) is 11.0 Å². The molecule has 0 aromatic carbocycles. The third-order valence-corrected chi connectivity index (χ3v) is 1.73. The van der Waals surface area contributed by atoms with Gasteiger partial charge in [0.15, 0.2) is 0 Å². The second-order valence-corrected chi connectivity index (χ2v) is 2.89. The summed E-state index contributed by atoms with van der Waals surface area (Å²) in [6, 6.07) is 0. The Morgan fingerprint density at radius 1 is 1.82 bits per heavy atom. The lowest BCUT2D eigenvalue weighted by atomic mass is 10.3. The zero-order valence-electron chi connectivity index (χ0n) is 6.24. The average Bonchev–Trinajstić information content (AvgIpc) is 2.40. The van der Waals surface area contributed by atoms with Crippen LogP contribution in [0.25, 0.3) is 0 Å². The molecule has 0 amide bonds. The molecule has 0 radical (unpaired) electrons. The van der Waals surface area contributed by atoms with Crippen molar-refractivity contribution in [2.45, 2.75) is 19.8 Å². The van der Waals surface area contributed by atoms with Crippen molar-refractivity contribution < 1.29 is 9.53 Å². The summed E-state index contributed by atoms with van der Waals surface area (Å²) in [6.45, 7) is 1.94. The number of thiazole rings is 1. The first kappa shape index (κ1) is 8.20. The zero-order chi connectivity index (χ0) is 8.10. The van der Waals surface area contributed by atoms with Gasteiger partial charge in [-0.1, -0.05) is 18.3 Å². The molecule has 0 atom stereocenters. The van der Waals surface area contributed by atoms with Crippen LogP contribution in [0, 0.1) is 0 Å². The Morgan fingerprint density at radius 2 is 2.64 bits per heavy atom. The van der Waals surface area contributed by atoms with Crippen molar-refractivity contribution in [1.29, 1.82) is 0 Å². The summed E-state index contributed by atoms with van der Waals surface area (Å²) in [4.78, 5) is 14.6. The molecule has 0 spiro atoms. The van der Waals surface area contributed by atoms with E-state index >= 15 is 0 Å². The number of carbonyl (C=O) groups is 1. The van der Waals surface area contributed by atoms with Crippen molar-refractivity contribution in [3.8, 4) is 5.06 Å². The molecule has 0 fully saturated rings. The van der Waals surface area contributed by atoms with Crippen molar-refractivity contribution >= 4 is 17.3 Å². The number of nitrogens with zero attached hydrogens (tertiary/aromatic N) is 1. The Balaban J connectivity index is 2.37. The Labute approximate surface area is 69.0 Å². The topological polar surface area (TPSA) is 39.2 Å². The number of ether oxygens (including phenoxy) is 1. The second-order valence-electron chi connectivity index (χ2n) is 2.04. The van der Waals surface area contributed by atoms with E-state index in [0.29, 0.717) is 11.5 Å². The van der Waals surface area contributed by atoms with Gasteiger partial charge >= 0.3 is 5.97 Å². The predicted octanol–water partition coefficient (Wildman–Crippen LogP) is 1.85. The van der Waals surface area contributed by atoms with Gasteiger partial charge in [-0.3, -0.25) is 4.79 Å². The van der Waals surface area contributed by atoms with E-state index in [1.165, 1.54) is 17.5 Å². The molecular formula is C7H9NO2S. The molecule has 0 saturated carbocycles. The van der Waals surface area contributed by atoms with Crippen LogP contribution in [-0.2, 0) is 4.79 Å². The van der Waals surface area contributed by atoms with Gasteiger partial charge in [-0.05, 0) is 6.42 Å². The summed E-state index contributed by atoms with van der Waals surface area (Å²) in [5, 5.41) is 0.573. The highest BCUT2D eigenvalue weighted by Crippen LogP contribution is 2.16. The standard InChI is InChI=1S/C7H9NO2S/c1-2-3-6(9)10-7-4-8-5-11-7/h4-5H,2-3H2,1H3. The van der Waals surface area contributed by atoms with Crippen LogP contribution in [0.4, 0.5) is 0 Å². The van der Waals surface area contributed by atoms with Gasteiger partial charge in [0.2, 0.25) is 5.06 Å². The molecule has 11 heavy (non-hydrogen) atoms. The first-order valence-corrected chi connectivity index (χ1v) is 4.30. The quantitative estimate of drug-likeness (QED) is 0.651. The number of rotatable bonds is 3. The lowest BCUT2D eigenvalue weighted by molar-refractivity contribution is -0.134. The highest BCUT2D eigenvalue weighted by Gasteiger charge is 2.02. The third-order valence-electron chi connectivity index (χ3n) is 1.08. The number of hydrogen-bond acceptors (Lipinski definition) is 4. The molecule has 1 aromatic rings. The summed E-state index contributed by atoms with van der Waals surface area (Å²) in [5.74, 6) is -0.184. The molecule has 0 unspecified atom stereocenters. The Bertz CT molecular complexity index is 220. The highest BCUT2D eigenvalue weighted by molar-refractivity contribution is 7.11. The summed E-state index contributed by atoms with van der Waals surface area (Å²) in [7, 11) is 0. The molecule has 1 aromatic heterocycles. The Morgan fingerprint density at radius 3 is 3.18 bits per heavy atom. The van der Waals surface area contributed by atoms with Crippen LogP contribution >= 0.6 is 11.3 Å². The zero-order valence-corrected chi connectivity index (χ0v) is 7.06. The van der Waals surface area contributed by atoms with Gasteiger partial charge < -0.3 is 4.74 Å². The third kappa shape index (κ3) is 2.67. The Hall–Kier alpha value is -0.900. The van der Waals surface area contributed by atoms with Crippen molar-refractivity contribution in [2.24, 2.45) is 0 Å². The van der Waals surface area contributed by atoms with Crippen molar-refractivity contribution in [3.05, 3.63) is 11.7 Å². The molecule has 0 aliphatic rings. The maximum Gasteiger partial charge on any atom is 0.312 e. The number of aromatic nitrogens is 1. The van der Waals surface area contributed by atoms with E-state index in [0.717, 1.165) is 6.42 Å². The van der Waals surface area contributed by atoms with Gasteiger partial charge in [-0.2, -0.15) is 0 Å². The van der Waals surface area contributed by atoms with Crippen LogP contribution in [0.3, 0.4) is 0 Å². The fraction of sp³-hybridized carbons (Fsp3) is 0.429. The predicted molar refractivity (Wildman–Crippen MR) is 42.7 cm³/mol. The first-order valence-electron chi connectivity index (χ1n) is 3.42. The van der Waals surface area contributed by atoms with E-state index in [1.807, 2.05) is 6.92 Å². The fourth-order valence-corrected chi connectivity index (χ4v) is 1.11. The maximum absolute atomic E-state index is 10.9. The van der Waals surface area contributed by atoms with Crippen LogP contribution in [0.1, 0.15) is 19.8 Å². The van der Waals surface area contributed by atoms with Crippen LogP contribution in [0.5, 0.6) is 5.06 Å². The monoisotopic (exact) mass is 171 g/mol. The van der Waals surface area contributed by atoms with Gasteiger partial charge in [0, 0.05) is 6.42 Å². The summed E-state index contributed by atoms with van der Waals surface area (Å²) in [5.41, 5.74) is 1.63. The Kier molecular flexibility index (Phi) is 3.04. The van der Waals surface area contributed by atoms with Gasteiger partial charge in [-0.15, -0.1) is 0 Å². The van der Waals surface area contributed by atoms with E-state index in [1.54, 1.807) is 5.51 Å². The van der Waals surface area contributed by atoms with E-state index in [9.17, 15) is 4.79 Å². The molecule has 3 nitrogen and oxygen atoms in total. The molecule has 0 N–H and O–H groups in total. The average molecular weight is 171 g/mol. The van der Waals surface area contributed by atoms with Crippen LogP contribution in [0.2, 0.25) is 0 Å². The van der Waals surface area contributed by atoms with Gasteiger partial charge in [0.1, 0.15) is 0 Å². The smallest absolute Gasteiger partial charge is 0.312 e. The first-order chi connectivity index (χ1) is 5.33. The van der Waals surface area contributed by atoms with E-state index in [-0.39, 0.29) is 5.97 Å². The molecule has 0 aliphatic carbocycles. The fourth-order valence-electron chi connectivity index (χ4n) is 0.622. The molecule has 1 rings (SSSR count). The lowest BCUT2D eigenvalue weighted by Gasteiger charge is -1.96. The molecule has 60 valence electrons. The SMILES string of the molecule is CCCC(=O)Oc1cncs1. The largest absolute Gasteiger partial charge is 0.414 e. The molecule has 4 heteroatoms. The van der Waals surface area contributed by atoms with Crippen molar-refractivity contribution in [2.75, 3.05) is 0 Å². The minimum absolute atomic E-state index is 0.184. The normalized spacial score (nSPS) is 9.55. The van der Waals surface area contributed by atoms with Crippen LogP contribution < -0.4 is 4.74 Å². The summed E-state index contributed by atoms with van der Waals surface area (Å²) >= 11 is 1.32. The van der Waals surface area contributed by atoms with E-state index < -0.39 is 0 Å². The van der Waals surface area contributed by atoms with Crippen LogP contribution in [0.15, 0.2) is 11.7 Å². The van der Waals surface area contributed by atoms with Crippen molar-refractivity contribution in [1.82, 2.24) is 4.98 Å². The number of esters is 1. The van der Waals surface area contributed by atoms with Crippen molar-refractivity contribution in [3.63, 3.8) is 0 Å². The number of hydrogen-bond donors (Lipinski definition) is 0. The second kappa shape index (κ2) is 4.08. The minimum Gasteiger partial charge on any atom is -0.414 e. The molecule has 1 heterocycles. The lowest BCUT2D eigenvalue weighted by Crippen LogP contribution is -2.05. The summed E-state index contributed by atoms with van der Waals surface area (Å²) in [6.07, 6.45) is 2.83. The van der Waals surface area contributed by atoms with Gasteiger partial charge in [0.25, 0.3) is 0 Å². The van der Waals surface area contributed by atoms with Gasteiger partial charge in [-0.25, -0.2) is 4.98 Å².